The highest BCUT2D eigenvalue weighted by Crippen LogP contribution is 2.42. The number of aliphatic hydroxyl groups is 1. The predicted molar refractivity (Wildman–Crippen MR) is 108 cm³/mol. The lowest BCUT2D eigenvalue weighted by Crippen LogP contribution is -2.40. The molecular weight excluding hydrogens is 386 g/mol. The summed E-state index contributed by atoms with van der Waals surface area (Å²) in [5, 5.41) is 21.9. The van der Waals surface area contributed by atoms with Gasteiger partial charge in [0.2, 0.25) is 0 Å². The van der Waals surface area contributed by atoms with Gasteiger partial charge in [0, 0.05) is 36.1 Å². The number of ketones is 1. The second-order valence-corrected chi connectivity index (χ2v) is 7.59. The van der Waals surface area contributed by atoms with Gasteiger partial charge in [0.1, 0.15) is 5.76 Å². The van der Waals surface area contributed by atoms with Crippen LogP contribution < -0.4 is 0 Å². The van der Waals surface area contributed by atoms with E-state index in [0.717, 1.165) is 32.1 Å². The molecule has 0 bridgehead atoms. The number of rotatable bonds is 4. The molecule has 4 rings (SSSR count). The Kier molecular flexibility index (Phi) is 5.31. The Balaban J connectivity index is 1.83. The first-order valence-corrected chi connectivity index (χ1v) is 9.94. The number of nitro benzene ring substituents is 1. The number of amides is 1. The van der Waals surface area contributed by atoms with Crippen molar-refractivity contribution in [3.05, 3.63) is 75.6 Å². The van der Waals surface area contributed by atoms with Crippen molar-refractivity contribution >= 4 is 23.1 Å². The van der Waals surface area contributed by atoms with Gasteiger partial charge in [-0.1, -0.05) is 25.3 Å². The summed E-state index contributed by atoms with van der Waals surface area (Å²) in [6.07, 6.45) is 7.87. The smallest absolute Gasteiger partial charge is 0.295 e. The fourth-order valence-electron chi connectivity index (χ4n) is 4.35. The summed E-state index contributed by atoms with van der Waals surface area (Å²) in [6.45, 7) is 0. The van der Waals surface area contributed by atoms with Crippen molar-refractivity contribution in [3.8, 4) is 0 Å². The number of carbonyl (C=O) groups excluding carboxylic acids is 2. The van der Waals surface area contributed by atoms with Gasteiger partial charge in [-0.15, -0.1) is 0 Å². The average molecular weight is 407 g/mol. The summed E-state index contributed by atoms with van der Waals surface area (Å²) in [5.41, 5.74) is 0.757. The van der Waals surface area contributed by atoms with E-state index < -0.39 is 22.7 Å². The zero-order chi connectivity index (χ0) is 21.3. The first-order valence-electron chi connectivity index (χ1n) is 9.94. The predicted octanol–water partition coefficient (Wildman–Crippen LogP) is 3.74. The average Bonchev–Trinajstić information content (AvgIpc) is 3.05. The maximum absolute atomic E-state index is 13.0. The first kappa shape index (κ1) is 19.8. The quantitative estimate of drug-likeness (QED) is 0.271. The molecule has 1 unspecified atom stereocenters. The van der Waals surface area contributed by atoms with Crippen LogP contribution in [0.5, 0.6) is 0 Å². The Bertz CT molecular complexity index is 1010. The van der Waals surface area contributed by atoms with Crippen molar-refractivity contribution < 1.29 is 19.6 Å². The highest BCUT2D eigenvalue weighted by Gasteiger charge is 2.48. The molecule has 2 aromatic rings. The molecule has 1 saturated carbocycles. The second-order valence-electron chi connectivity index (χ2n) is 7.59. The molecule has 2 fully saturated rings. The molecule has 1 aliphatic heterocycles. The molecule has 1 atom stereocenters. The number of carbonyl (C=O) groups is 2. The number of Topliss-reactive ketones (excluding diaryl/α,β-unsaturated/α-hetero) is 1. The van der Waals surface area contributed by atoms with E-state index in [4.69, 9.17) is 0 Å². The van der Waals surface area contributed by atoms with Crippen LogP contribution in [0.15, 0.2) is 54.4 Å². The second kappa shape index (κ2) is 8.06. The van der Waals surface area contributed by atoms with Crippen LogP contribution >= 0.6 is 0 Å². The van der Waals surface area contributed by atoms with Gasteiger partial charge in [-0.05, 0) is 36.6 Å². The Morgan fingerprint density at radius 3 is 2.40 bits per heavy atom. The van der Waals surface area contributed by atoms with Gasteiger partial charge in [-0.25, -0.2) is 0 Å². The Morgan fingerprint density at radius 1 is 1.10 bits per heavy atom. The molecular formula is C22H21N3O5. The molecule has 30 heavy (non-hydrogen) atoms. The van der Waals surface area contributed by atoms with Crippen LogP contribution in [0.1, 0.15) is 49.3 Å². The van der Waals surface area contributed by atoms with E-state index >= 15 is 0 Å². The Labute approximate surface area is 173 Å². The number of hydrogen-bond acceptors (Lipinski definition) is 6. The van der Waals surface area contributed by atoms with E-state index in [2.05, 4.69) is 4.98 Å². The minimum Gasteiger partial charge on any atom is -0.507 e. The maximum atomic E-state index is 13.0. The summed E-state index contributed by atoms with van der Waals surface area (Å²) in [4.78, 5) is 42.1. The van der Waals surface area contributed by atoms with E-state index in [0.29, 0.717) is 5.56 Å². The molecule has 1 N–H and O–H groups in total. The minimum atomic E-state index is -0.745. The largest absolute Gasteiger partial charge is 0.507 e. The van der Waals surface area contributed by atoms with Crippen LogP contribution in [0.4, 0.5) is 5.69 Å². The molecule has 2 aliphatic rings. The van der Waals surface area contributed by atoms with Crippen LogP contribution in [0.2, 0.25) is 0 Å². The lowest BCUT2D eigenvalue weighted by atomic mass is 9.91. The molecule has 0 spiro atoms. The van der Waals surface area contributed by atoms with Crippen LogP contribution in [-0.2, 0) is 9.59 Å². The SMILES string of the molecule is O=C1C(=O)N(C2CCCCC2)C(c2cccnc2)/C1=C(/O)c1ccc([N+](=O)[O-])cc1. The van der Waals surface area contributed by atoms with Gasteiger partial charge in [-0.2, -0.15) is 0 Å². The zero-order valence-electron chi connectivity index (χ0n) is 16.2. The lowest BCUT2D eigenvalue weighted by molar-refractivity contribution is -0.384. The highest BCUT2D eigenvalue weighted by molar-refractivity contribution is 6.46. The van der Waals surface area contributed by atoms with Crippen molar-refractivity contribution in [1.29, 1.82) is 0 Å². The lowest BCUT2D eigenvalue weighted by Gasteiger charge is -2.35. The normalized spacial score (nSPS) is 21.7. The maximum Gasteiger partial charge on any atom is 0.295 e. The number of non-ortho nitro benzene ring substituents is 1. The number of benzene rings is 1. The third-order valence-electron chi connectivity index (χ3n) is 5.80. The summed E-state index contributed by atoms with van der Waals surface area (Å²) in [5.74, 6) is -1.71. The summed E-state index contributed by atoms with van der Waals surface area (Å²) in [7, 11) is 0. The molecule has 154 valence electrons. The third-order valence-corrected chi connectivity index (χ3v) is 5.80. The topological polar surface area (TPSA) is 114 Å². The van der Waals surface area contributed by atoms with Crippen molar-refractivity contribution in [3.63, 3.8) is 0 Å². The molecule has 1 aromatic carbocycles. The third kappa shape index (κ3) is 3.45. The van der Waals surface area contributed by atoms with Crippen LogP contribution in [0, 0.1) is 10.1 Å². The summed E-state index contributed by atoms with van der Waals surface area (Å²) >= 11 is 0. The number of aromatic nitrogens is 1. The minimum absolute atomic E-state index is 0.00701. The van der Waals surface area contributed by atoms with Crippen molar-refractivity contribution in [2.75, 3.05) is 0 Å². The standard InChI is InChI=1S/C22H21N3O5/c26-20(14-8-10-17(11-9-14)25(29)30)18-19(15-5-4-12-23-13-15)24(22(28)21(18)27)16-6-2-1-3-7-16/h4-5,8-13,16,19,26H,1-3,6-7H2/b20-18-. The fraction of sp³-hybridized carbons (Fsp3) is 0.318. The van der Waals surface area contributed by atoms with Crippen LogP contribution in [0.25, 0.3) is 5.76 Å². The van der Waals surface area contributed by atoms with Gasteiger partial charge in [0.25, 0.3) is 17.4 Å². The molecule has 8 heteroatoms. The molecule has 0 radical (unpaired) electrons. The molecule has 1 aromatic heterocycles. The molecule has 1 amide bonds. The van der Waals surface area contributed by atoms with Crippen LogP contribution in [0.3, 0.4) is 0 Å². The van der Waals surface area contributed by atoms with Gasteiger partial charge in [0.15, 0.2) is 0 Å². The van der Waals surface area contributed by atoms with Gasteiger partial charge >= 0.3 is 0 Å². The number of nitro groups is 1. The molecule has 2 heterocycles. The summed E-state index contributed by atoms with van der Waals surface area (Å²) in [6, 6.07) is 7.95. The first-order chi connectivity index (χ1) is 14.5. The van der Waals surface area contributed by atoms with Crippen molar-refractivity contribution in [2.45, 2.75) is 44.2 Å². The highest BCUT2D eigenvalue weighted by atomic mass is 16.6. The number of pyridine rings is 1. The number of aliphatic hydroxyl groups excluding tert-OH is 1. The number of hydrogen-bond donors (Lipinski definition) is 1. The Hall–Kier alpha value is -3.55. The van der Waals surface area contributed by atoms with Crippen molar-refractivity contribution in [2.24, 2.45) is 0 Å². The van der Waals surface area contributed by atoms with E-state index in [-0.39, 0.29) is 28.6 Å². The van der Waals surface area contributed by atoms with Gasteiger partial charge in [-0.3, -0.25) is 24.7 Å². The number of nitrogens with zero attached hydrogens (tertiary/aromatic N) is 3. The Morgan fingerprint density at radius 2 is 1.80 bits per heavy atom. The van der Waals surface area contributed by atoms with Gasteiger partial charge < -0.3 is 10.0 Å². The summed E-state index contributed by atoms with van der Waals surface area (Å²) < 4.78 is 0. The monoisotopic (exact) mass is 407 g/mol. The molecule has 1 aliphatic carbocycles. The van der Waals surface area contributed by atoms with E-state index in [1.54, 1.807) is 29.4 Å². The van der Waals surface area contributed by atoms with E-state index in [1.807, 2.05) is 0 Å². The van der Waals surface area contributed by atoms with Gasteiger partial charge in [0.05, 0.1) is 16.5 Å². The zero-order valence-corrected chi connectivity index (χ0v) is 16.2. The van der Waals surface area contributed by atoms with Crippen molar-refractivity contribution in [1.82, 2.24) is 9.88 Å². The number of likely N-dealkylation sites (tertiary alicyclic amines) is 1. The van der Waals surface area contributed by atoms with E-state index in [9.17, 15) is 24.8 Å². The molecule has 1 saturated heterocycles. The van der Waals surface area contributed by atoms with E-state index in [1.165, 1.54) is 24.3 Å². The fourth-order valence-corrected chi connectivity index (χ4v) is 4.35. The van der Waals surface area contributed by atoms with Crippen LogP contribution in [-0.4, -0.2) is 37.6 Å². The molecule has 8 nitrogen and oxygen atoms in total.